The van der Waals surface area contributed by atoms with Crippen molar-refractivity contribution in [2.75, 3.05) is 27.2 Å². The fourth-order valence-corrected chi connectivity index (χ4v) is 1.70. The lowest BCUT2D eigenvalue weighted by atomic mass is 9.97. The predicted octanol–water partition coefficient (Wildman–Crippen LogP) is 1.26. The minimum absolute atomic E-state index is 0.199. The Balaban J connectivity index is 4.38. The number of carbonyl (C=O) groups is 1. The third-order valence-electron chi connectivity index (χ3n) is 3.22. The zero-order chi connectivity index (χ0) is 12.8. The Morgan fingerprint density at radius 2 is 2.06 bits per heavy atom. The molecule has 0 aliphatic carbocycles. The molecule has 0 amide bonds. The van der Waals surface area contributed by atoms with Gasteiger partial charge in [0.25, 0.3) is 0 Å². The van der Waals surface area contributed by atoms with Crippen molar-refractivity contribution in [2.45, 2.75) is 45.7 Å². The molecule has 0 saturated heterocycles. The van der Waals surface area contributed by atoms with Gasteiger partial charge in [-0.1, -0.05) is 6.92 Å². The summed E-state index contributed by atoms with van der Waals surface area (Å²) in [5.41, 5.74) is -0.586. The van der Waals surface area contributed by atoms with E-state index in [1.54, 1.807) is 7.05 Å². The molecule has 0 rings (SSSR count). The topological polar surface area (TPSA) is 41.6 Å². The summed E-state index contributed by atoms with van der Waals surface area (Å²) in [7, 11) is 3.22. The second-order valence-corrected chi connectivity index (χ2v) is 4.55. The van der Waals surface area contributed by atoms with Crippen molar-refractivity contribution in [1.82, 2.24) is 10.2 Å². The van der Waals surface area contributed by atoms with Crippen LogP contribution in [0.4, 0.5) is 0 Å². The highest BCUT2D eigenvalue weighted by molar-refractivity contribution is 5.80. The molecule has 0 aromatic rings. The summed E-state index contributed by atoms with van der Waals surface area (Å²) in [5, 5.41) is 3.05. The number of nitrogens with zero attached hydrogens (tertiary/aromatic N) is 1. The molecule has 0 aliphatic heterocycles. The van der Waals surface area contributed by atoms with Gasteiger partial charge in [0.05, 0.1) is 7.11 Å². The Morgan fingerprint density at radius 3 is 2.38 bits per heavy atom. The van der Waals surface area contributed by atoms with Gasteiger partial charge in [0, 0.05) is 12.6 Å². The van der Waals surface area contributed by atoms with Crippen molar-refractivity contribution in [1.29, 1.82) is 0 Å². The zero-order valence-corrected chi connectivity index (χ0v) is 11.5. The van der Waals surface area contributed by atoms with Crippen LogP contribution >= 0.6 is 0 Å². The molecule has 0 spiro atoms. The molecule has 0 aromatic carbocycles. The van der Waals surface area contributed by atoms with E-state index in [0.29, 0.717) is 6.04 Å². The van der Waals surface area contributed by atoms with E-state index in [0.717, 1.165) is 19.5 Å². The second-order valence-electron chi connectivity index (χ2n) is 4.55. The van der Waals surface area contributed by atoms with Gasteiger partial charge in [0.15, 0.2) is 0 Å². The molecule has 0 aliphatic rings. The largest absolute Gasteiger partial charge is 0.468 e. The molecule has 0 heterocycles. The van der Waals surface area contributed by atoms with E-state index in [2.05, 4.69) is 31.0 Å². The summed E-state index contributed by atoms with van der Waals surface area (Å²) >= 11 is 0. The summed E-state index contributed by atoms with van der Waals surface area (Å²) in [6.07, 6.45) is 0.752. The molecular formula is C12H26N2O2. The quantitative estimate of drug-likeness (QED) is 0.669. The van der Waals surface area contributed by atoms with Crippen LogP contribution in [-0.2, 0) is 9.53 Å². The van der Waals surface area contributed by atoms with E-state index in [1.807, 2.05) is 6.92 Å². The summed E-state index contributed by atoms with van der Waals surface area (Å²) in [6.45, 7) is 10.2. The number of carbonyl (C=O) groups excluding carboxylic acids is 1. The Hall–Kier alpha value is -0.610. The molecule has 0 radical (unpaired) electrons. The zero-order valence-electron chi connectivity index (χ0n) is 11.5. The number of esters is 1. The minimum Gasteiger partial charge on any atom is -0.468 e. The SMILES string of the molecule is CCN(CCC(C)(NC)C(=O)OC)C(C)C. The van der Waals surface area contributed by atoms with E-state index >= 15 is 0 Å². The van der Waals surface area contributed by atoms with E-state index in [9.17, 15) is 4.79 Å². The molecule has 96 valence electrons. The Bertz CT molecular complexity index is 219. The van der Waals surface area contributed by atoms with Crippen LogP contribution in [0.25, 0.3) is 0 Å². The third-order valence-corrected chi connectivity index (χ3v) is 3.22. The Morgan fingerprint density at radius 1 is 1.50 bits per heavy atom. The number of hydrogen-bond acceptors (Lipinski definition) is 4. The number of methoxy groups -OCH3 is 1. The Labute approximate surface area is 99.3 Å². The van der Waals surface area contributed by atoms with Gasteiger partial charge in [-0.25, -0.2) is 0 Å². The van der Waals surface area contributed by atoms with Crippen molar-refractivity contribution in [2.24, 2.45) is 0 Å². The van der Waals surface area contributed by atoms with E-state index in [1.165, 1.54) is 7.11 Å². The molecule has 0 fully saturated rings. The van der Waals surface area contributed by atoms with Crippen LogP contribution in [0.15, 0.2) is 0 Å². The lowest BCUT2D eigenvalue weighted by Crippen LogP contribution is -2.50. The molecule has 0 aromatic heterocycles. The average Bonchev–Trinajstić information content (AvgIpc) is 2.27. The van der Waals surface area contributed by atoms with Gasteiger partial charge in [-0.15, -0.1) is 0 Å². The van der Waals surface area contributed by atoms with Gasteiger partial charge in [-0.05, 0) is 40.8 Å². The summed E-state index contributed by atoms with van der Waals surface area (Å²) in [4.78, 5) is 14.0. The van der Waals surface area contributed by atoms with Crippen LogP contribution < -0.4 is 5.32 Å². The van der Waals surface area contributed by atoms with Crippen LogP contribution in [0.5, 0.6) is 0 Å². The lowest BCUT2D eigenvalue weighted by molar-refractivity contribution is -0.148. The van der Waals surface area contributed by atoms with Crippen LogP contribution in [0.1, 0.15) is 34.1 Å². The standard InChI is InChI=1S/C12H26N2O2/c1-7-14(10(2)3)9-8-12(4,13-5)11(15)16-6/h10,13H,7-9H2,1-6H3. The highest BCUT2D eigenvalue weighted by Crippen LogP contribution is 2.13. The summed E-state index contributed by atoms with van der Waals surface area (Å²) < 4.78 is 4.81. The normalized spacial score (nSPS) is 15.2. The first-order valence-electron chi connectivity index (χ1n) is 5.92. The summed E-state index contributed by atoms with van der Waals surface area (Å²) in [6, 6.07) is 0.503. The summed E-state index contributed by atoms with van der Waals surface area (Å²) in [5.74, 6) is -0.199. The van der Waals surface area contributed by atoms with Gasteiger partial charge >= 0.3 is 5.97 Å². The van der Waals surface area contributed by atoms with Crippen LogP contribution in [-0.4, -0.2) is 49.7 Å². The van der Waals surface area contributed by atoms with Gasteiger partial charge in [0.1, 0.15) is 5.54 Å². The van der Waals surface area contributed by atoms with E-state index in [4.69, 9.17) is 4.74 Å². The number of likely N-dealkylation sites (N-methyl/N-ethyl adjacent to an activating group) is 1. The van der Waals surface area contributed by atoms with Gasteiger partial charge in [-0.3, -0.25) is 4.79 Å². The first-order chi connectivity index (χ1) is 7.41. The van der Waals surface area contributed by atoms with Gasteiger partial charge in [-0.2, -0.15) is 0 Å². The van der Waals surface area contributed by atoms with E-state index < -0.39 is 5.54 Å². The predicted molar refractivity (Wildman–Crippen MR) is 66.5 cm³/mol. The highest BCUT2D eigenvalue weighted by atomic mass is 16.5. The molecule has 4 nitrogen and oxygen atoms in total. The molecule has 0 saturated carbocycles. The van der Waals surface area contributed by atoms with Gasteiger partial charge < -0.3 is 15.0 Å². The number of hydrogen-bond donors (Lipinski definition) is 1. The monoisotopic (exact) mass is 230 g/mol. The maximum absolute atomic E-state index is 11.6. The average molecular weight is 230 g/mol. The molecule has 4 heteroatoms. The molecule has 1 unspecified atom stereocenters. The van der Waals surface area contributed by atoms with Crippen molar-refractivity contribution in [3.05, 3.63) is 0 Å². The smallest absolute Gasteiger partial charge is 0.325 e. The maximum atomic E-state index is 11.6. The molecular weight excluding hydrogens is 204 g/mol. The molecule has 16 heavy (non-hydrogen) atoms. The van der Waals surface area contributed by atoms with Crippen LogP contribution in [0.3, 0.4) is 0 Å². The van der Waals surface area contributed by atoms with Crippen LogP contribution in [0, 0.1) is 0 Å². The second kappa shape index (κ2) is 6.86. The number of ether oxygens (including phenoxy) is 1. The molecule has 1 atom stereocenters. The first kappa shape index (κ1) is 15.4. The molecule has 0 bridgehead atoms. The minimum atomic E-state index is -0.586. The maximum Gasteiger partial charge on any atom is 0.325 e. The van der Waals surface area contributed by atoms with Crippen molar-refractivity contribution in [3.63, 3.8) is 0 Å². The first-order valence-corrected chi connectivity index (χ1v) is 5.92. The van der Waals surface area contributed by atoms with Gasteiger partial charge in [0.2, 0.25) is 0 Å². The van der Waals surface area contributed by atoms with E-state index in [-0.39, 0.29) is 5.97 Å². The number of nitrogens with one attached hydrogen (secondary N) is 1. The lowest BCUT2D eigenvalue weighted by Gasteiger charge is -2.31. The molecule has 1 N–H and O–H groups in total. The fraction of sp³-hybridized carbons (Fsp3) is 0.917. The highest BCUT2D eigenvalue weighted by Gasteiger charge is 2.32. The Kier molecular flexibility index (Phi) is 6.60. The van der Waals surface area contributed by atoms with Crippen LogP contribution in [0.2, 0.25) is 0 Å². The number of rotatable bonds is 7. The third kappa shape index (κ3) is 4.10. The van der Waals surface area contributed by atoms with Crippen molar-refractivity contribution < 1.29 is 9.53 Å². The van der Waals surface area contributed by atoms with Crippen molar-refractivity contribution in [3.8, 4) is 0 Å². The fourth-order valence-electron chi connectivity index (χ4n) is 1.70. The van der Waals surface area contributed by atoms with Crippen molar-refractivity contribution >= 4 is 5.97 Å².